The molecule has 0 bridgehead atoms. The van der Waals surface area contributed by atoms with Crippen LogP contribution in [0.4, 0.5) is 9.52 Å². The highest BCUT2D eigenvalue weighted by Crippen LogP contribution is 2.32. The third-order valence-electron chi connectivity index (χ3n) is 3.70. The van der Waals surface area contributed by atoms with Gasteiger partial charge >= 0.3 is 0 Å². The number of hydrogen-bond donors (Lipinski definition) is 2. The first-order valence-corrected chi connectivity index (χ1v) is 10.6. The number of anilines is 1. The maximum absolute atomic E-state index is 14.7. The highest BCUT2D eigenvalue weighted by Gasteiger charge is 2.25. The van der Waals surface area contributed by atoms with Gasteiger partial charge in [0, 0.05) is 22.0 Å². The van der Waals surface area contributed by atoms with Crippen LogP contribution in [0.25, 0.3) is 22.4 Å². The number of halogens is 1. The molecule has 0 spiro atoms. The minimum atomic E-state index is -3.77. The minimum absolute atomic E-state index is 0.102. The summed E-state index contributed by atoms with van der Waals surface area (Å²) in [5.41, 5.74) is 6.65. The number of nitrogens with two attached hydrogens (primary N) is 1. The van der Waals surface area contributed by atoms with E-state index in [1.165, 1.54) is 23.5 Å². The second kappa shape index (κ2) is 7.03. The van der Waals surface area contributed by atoms with Crippen LogP contribution in [-0.2, 0) is 10.0 Å². The topological polar surface area (TPSA) is 85.1 Å². The van der Waals surface area contributed by atoms with E-state index < -0.39 is 21.4 Å². The Morgan fingerprint density at radius 3 is 2.41 bits per heavy atom. The number of nitrogens with zero attached hydrogens (tertiary/aromatic N) is 1. The molecule has 27 heavy (non-hydrogen) atoms. The summed E-state index contributed by atoms with van der Waals surface area (Å²) >= 11 is 1.23. The Hall–Kier alpha value is -2.29. The van der Waals surface area contributed by atoms with Crippen LogP contribution in [0.2, 0.25) is 0 Å². The first-order chi connectivity index (χ1) is 12.6. The fraction of sp³-hybridized carbons (Fsp3) is 0.211. The van der Waals surface area contributed by atoms with Crippen molar-refractivity contribution >= 4 is 26.5 Å². The third-order valence-corrected chi connectivity index (χ3v) is 6.19. The fourth-order valence-electron chi connectivity index (χ4n) is 2.70. The quantitative estimate of drug-likeness (QED) is 0.679. The zero-order chi connectivity index (χ0) is 19.8. The standard InChI is InChI=1S/C19H20FN3O2S2/c1-19(2,3)23-27(24,25)17-7-5-4-6-13(17)12-8-9-14(15(20)10-12)16-11-26-18(21)22-16/h4-11,23H,1-3H3,(H2,21,22). The average Bonchev–Trinajstić information content (AvgIpc) is 2.99. The number of hydrogen-bond acceptors (Lipinski definition) is 5. The summed E-state index contributed by atoms with van der Waals surface area (Å²) in [5.74, 6) is -0.492. The van der Waals surface area contributed by atoms with Gasteiger partial charge < -0.3 is 5.73 Å². The largest absolute Gasteiger partial charge is 0.375 e. The van der Waals surface area contributed by atoms with E-state index >= 15 is 0 Å². The average molecular weight is 406 g/mol. The molecule has 0 aliphatic heterocycles. The molecule has 5 nitrogen and oxygen atoms in total. The number of aromatic nitrogens is 1. The summed E-state index contributed by atoms with van der Waals surface area (Å²) in [4.78, 5) is 4.19. The Labute approximate surface area is 162 Å². The zero-order valence-electron chi connectivity index (χ0n) is 15.2. The number of rotatable bonds is 4. The second-order valence-electron chi connectivity index (χ2n) is 7.12. The lowest BCUT2D eigenvalue weighted by Gasteiger charge is -2.21. The molecule has 0 aliphatic carbocycles. The fourth-order valence-corrected chi connectivity index (χ4v) is 4.91. The number of benzene rings is 2. The van der Waals surface area contributed by atoms with Crippen LogP contribution in [0, 0.1) is 5.82 Å². The maximum Gasteiger partial charge on any atom is 0.241 e. The molecule has 0 aliphatic rings. The summed E-state index contributed by atoms with van der Waals surface area (Å²) in [6.45, 7) is 5.30. The molecule has 1 aromatic heterocycles. The van der Waals surface area contributed by atoms with E-state index in [2.05, 4.69) is 9.71 Å². The molecule has 3 aromatic rings. The zero-order valence-corrected chi connectivity index (χ0v) is 16.8. The van der Waals surface area contributed by atoms with Crippen molar-refractivity contribution in [3.63, 3.8) is 0 Å². The predicted molar refractivity (Wildman–Crippen MR) is 107 cm³/mol. The molecule has 0 radical (unpaired) electrons. The van der Waals surface area contributed by atoms with Crippen LogP contribution in [0.1, 0.15) is 20.8 Å². The predicted octanol–water partition coefficient (Wildman–Crippen LogP) is 4.28. The molecule has 3 rings (SSSR count). The van der Waals surface area contributed by atoms with Gasteiger partial charge in [-0.3, -0.25) is 0 Å². The van der Waals surface area contributed by atoms with Gasteiger partial charge in [-0.1, -0.05) is 24.3 Å². The van der Waals surface area contributed by atoms with E-state index in [0.29, 0.717) is 27.5 Å². The molecule has 0 fully saturated rings. The van der Waals surface area contributed by atoms with Crippen LogP contribution >= 0.6 is 11.3 Å². The molecule has 0 amide bonds. The van der Waals surface area contributed by atoms with Gasteiger partial charge in [0.1, 0.15) is 5.82 Å². The molecular formula is C19H20FN3O2S2. The van der Waals surface area contributed by atoms with Crippen molar-refractivity contribution in [1.29, 1.82) is 0 Å². The maximum atomic E-state index is 14.7. The van der Waals surface area contributed by atoms with E-state index in [-0.39, 0.29) is 4.90 Å². The highest BCUT2D eigenvalue weighted by atomic mass is 32.2. The van der Waals surface area contributed by atoms with E-state index in [9.17, 15) is 12.8 Å². The Morgan fingerprint density at radius 1 is 1.11 bits per heavy atom. The number of sulfonamides is 1. The van der Waals surface area contributed by atoms with E-state index in [4.69, 9.17) is 5.73 Å². The number of nitrogens with one attached hydrogen (secondary N) is 1. The van der Waals surface area contributed by atoms with Crippen molar-refractivity contribution in [2.45, 2.75) is 31.2 Å². The first-order valence-electron chi connectivity index (χ1n) is 8.21. The Kier molecular flexibility index (Phi) is 5.07. The molecule has 0 atom stereocenters. The Bertz CT molecular complexity index is 1090. The van der Waals surface area contributed by atoms with Crippen LogP contribution in [0.5, 0.6) is 0 Å². The molecule has 2 aromatic carbocycles. The van der Waals surface area contributed by atoms with Crippen molar-refractivity contribution in [2.75, 3.05) is 5.73 Å². The van der Waals surface area contributed by atoms with Crippen molar-refractivity contribution in [3.8, 4) is 22.4 Å². The van der Waals surface area contributed by atoms with E-state index in [1.54, 1.807) is 56.5 Å². The summed E-state index contributed by atoms with van der Waals surface area (Å²) < 4.78 is 42.9. The van der Waals surface area contributed by atoms with Gasteiger partial charge in [-0.2, -0.15) is 0 Å². The normalized spacial score (nSPS) is 12.3. The second-order valence-corrected chi connectivity index (χ2v) is 9.66. The van der Waals surface area contributed by atoms with Gasteiger partial charge in [0.25, 0.3) is 0 Å². The molecule has 3 N–H and O–H groups in total. The van der Waals surface area contributed by atoms with Gasteiger partial charge in [0.2, 0.25) is 10.0 Å². The van der Waals surface area contributed by atoms with Crippen LogP contribution < -0.4 is 10.5 Å². The molecule has 142 valence electrons. The minimum Gasteiger partial charge on any atom is -0.375 e. The summed E-state index contributed by atoms with van der Waals surface area (Å²) in [6, 6.07) is 11.1. The smallest absolute Gasteiger partial charge is 0.241 e. The summed E-state index contributed by atoms with van der Waals surface area (Å²) in [7, 11) is -3.77. The van der Waals surface area contributed by atoms with Gasteiger partial charge in [0.05, 0.1) is 10.6 Å². The summed E-state index contributed by atoms with van der Waals surface area (Å²) in [5, 5.41) is 2.04. The van der Waals surface area contributed by atoms with Crippen LogP contribution in [0.3, 0.4) is 0 Å². The number of nitrogen functional groups attached to an aromatic ring is 1. The van der Waals surface area contributed by atoms with Gasteiger partial charge in [-0.25, -0.2) is 22.5 Å². The lowest BCUT2D eigenvalue weighted by Crippen LogP contribution is -2.40. The Morgan fingerprint density at radius 2 is 1.81 bits per heavy atom. The SMILES string of the molecule is CC(C)(C)NS(=O)(=O)c1ccccc1-c1ccc(-c2csc(N)n2)c(F)c1. The first kappa shape index (κ1) is 19.5. The molecule has 0 saturated carbocycles. The van der Waals surface area contributed by atoms with Crippen LogP contribution in [-0.4, -0.2) is 18.9 Å². The lowest BCUT2D eigenvalue weighted by molar-refractivity contribution is 0.491. The van der Waals surface area contributed by atoms with Crippen molar-refractivity contribution in [1.82, 2.24) is 9.71 Å². The third kappa shape index (κ3) is 4.35. The monoisotopic (exact) mass is 405 g/mol. The van der Waals surface area contributed by atoms with Crippen molar-refractivity contribution in [3.05, 3.63) is 53.7 Å². The summed E-state index contributed by atoms with van der Waals surface area (Å²) in [6.07, 6.45) is 0. The molecular weight excluding hydrogens is 385 g/mol. The molecule has 0 saturated heterocycles. The highest BCUT2D eigenvalue weighted by molar-refractivity contribution is 7.89. The molecule has 1 heterocycles. The van der Waals surface area contributed by atoms with Crippen molar-refractivity contribution < 1.29 is 12.8 Å². The van der Waals surface area contributed by atoms with Gasteiger partial charge in [0.15, 0.2) is 5.13 Å². The van der Waals surface area contributed by atoms with E-state index in [0.717, 1.165) is 0 Å². The van der Waals surface area contributed by atoms with E-state index in [1.807, 2.05) is 0 Å². The molecule has 0 unspecified atom stereocenters. The Balaban J connectivity index is 2.07. The number of thiazole rings is 1. The van der Waals surface area contributed by atoms with Gasteiger partial charge in [-0.15, -0.1) is 11.3 Å². The van der Waals surface area contributed by atoms with Gasteiger partial charge in [-0.05, 0) is 44.5 Å². The van der Waals surface area contributed by atoms with Crippen molar-refractivity contribution in [2.24, 2.45) is 0 Å². The van der Waals surface area contributed by atoms with Crippen LogP contribution in [0.15, 0.2) is 52.7 Å². The lowest BCUT2D eigenvalue weighted by atomic mass is 10.0. The molecule has 8 heteroatoms.